The summed E-state index contributed by atoms with van der Waals surface area (Å²) in [4.78, 5) is 39.6. The molecular formula is C32H28N2O5S. The minimum Gasteiger partial charge on any atom is -0.493 e. The fraction of sp³-hybridized carbons (Fsp3) is 0.0938. The Labute approximate surface area is 237 Å². The van der Waals surface area contributed by atoms with Gasteiger partial charge in [-0.25, -0.2) is 0 Å². The zero-order valence-corrected chi connectivity index (χ0v) is 22.9. The summed E-state index contributed by atoms with van der Waals surface area (Å²) in [6, 6.07) is 30.2. The minimum atomic E-state index is -0.520. The molecule has 0 aliphatic rings. The number of benzene rings is 4. The highest BCUT2D eigenvalue weighted by atomic mass is 32.2. The summed E-state index contributed by atoms with van der Waals surface area (Å²) in [5.74, 6) is 0.309. The number of carbonyl (C=O) groups excluding carboxylic acids is 3. The van der Waals surface area contributed by atoms with E-state index in [0.29, 0.717) is 39.6 Å². The number of hydrogen-bond donors (Lipinski definition) is 2. The number of ketones is 1. The molecule has 4 aromatic rings. The Kier molecular flexibility index (Phi) is 9.74. The monoisotopic (exact) mass is 552 g/mol. The molecule has 2 amide bonds. The third-order valence-electron chi connectivity index (χ3n) is 5.84. The van der Waals surface area contributed by atoms with E-state index in [0.717, 1.165) is 4.90 Å². The minimum absolute atomic E-state index is 0.0207. The normalized spacial score (nSPS) is 10.9. The van der Waals surface area contributed by atoms with Crippen LogP contribution in [0.1, 0.15) is 26.3 Å². The number of ether oxygens (including phenoxy) is 2. The number of Topliss-reactive ketones (excluding diaryl/α,β-unsaturated/α-hetero) is 1. The predicted octanol–water partition coefficient (Wildman–Crippen LogP) is 6.09. The Bertz CT molecular complexity index is 1500. The van der Waals surface area contributed by atoms with E-state index < -0.39 is 11.8 Å². The summed E-state index contributed by atoms with van der Waals surface area (Å²) in [6.07, 6.45) is 1.54. The summed E-state index contributed by atoms with van der Waals surface area (Å²) in [7, 11) is 3.03. The Morgan fingerprint density at radius 3 is 2.02 bits per heavy atom. The molecule has 0 radical (unpaired) electrons. The van der Waals surface area contributed by atoms with Crippen molar-refractivity contribution in [1.82, 2.24) is 5.32 Å². The maximum Gasteiger partial charge on any atom is 0.272 e. The van der Waals surface area contributed by atoms with Crippen LogP contribution in [0.15, 0.2) is 114 Å². The van der Waals surface area contributed by atoms with E-state index in [4.69, 9.17) is 9.47 Å². The fourth-order valence-corrected chi connectivity index (χ4v) is 4.61. The van der Waals surface area contributed by atoms with Crippen molar-refractivity contribution in [3.05, 3.63) is 126 Å². The summed E-state index contributed by atoms with van der Waals surface area (Å²) in [5.41, 5.74) is 2.18. The van der Waals surface area contributed by atoms with E-state index in [2.05, 4.69) is 10.6 Å². The first-order valence-electron chi connectivity index (χ1n) is 12.4. The molecular weight excluding hydrogens is 524 g/mol. The van der Waals surface area contributed by atoms with Crippen LogP contribution in [0.5, 0.6) is 11.5 Å². The van der Waals surface area contributed by atoms with Crippen LogP contribution in [0.25, 0.3) is 6.08 Å². The van der Waals surface area contributed by atoms with Gasteiger partial charge in [-0.2, -0.15) is 0 Å². The number of para-hydroxylation sites is 1. The summed E-state index contributed by atoms with van der Waals surface area (Å²) < 4.78 is 10.9. The zero-order chi connectivity index (χ0) is 28.3. The molecule has 40 heavy (non-hydrogen) atoms. The van der Waals surface area contributed by atoms with Gasteiger partial charge in [0.05, 0.1) is 20.0 Å². The van der Waals surface area contributed by atoms with Crippen molar-refractivity contribution in [3.63, 3.8) is 0 Å². The number of thioether (sulfide) groups is 1. The maximum absolute atomic E-state index is 13.4. The first-order chi connectivity index (χ1) is 19.5. The van der Waals surface area contributed by atoms with Crippen LogP contribution in [-0.4, -0.2) is 37.6 Å². The van der Waals surface area contributed by atoms with E-state index in [1.807, 2.05) is 30.3 Å². The lowest BCUT2D eigenvalue weighted by Gasteiger charge is -2.14. The van der Waals surface area contributed by atoms with Crippen LogP contribution in [0.3, 0.4) is 0 Å². The van der Waals surface area contributed by atoms with Gasteiger partial charge in [-0.15, -0.1) is 11.8 Å². The number of nitrogens with one attached hydrogen (secondary N) is 2. The van der Waals surface area contributed by atoms with Gasteiger partial charge in [0.15, 0.2) is 17.3 Å². The summed E-state index contributed by atoms with van der Waals surface area (Å²) in [6.45, 7) is 0. The molecule has 0 fully saturated rings. The first-order valence-corrected chi connectivity index (χ1v) is 13.4. The molecule has 0 aromatic heterocycles. The predicted molar refractivity (Wildman–Crippen MR) is 158 cm³/mol. The molecule has 0 saturated carbocycles. The third kappa shape index (κ3) is 7.39. The molecule has 0 bridgehead atoms. The van der Waals surface area contributed by atoms with Gasteiger partial charge in [-0.3, -0.25) is 14.4 Å². The molecule has 4 rings (SSSR count). The maximum atomic E-state index is 13.4. The van der Waals surface area contributed by atoms with Crippen LogP contribution in [0, 0.1) is 0 Å². The second kappa shape index (κ2) is 13.8. The van der Waals surface area contributed by atoms with E-state index in [1.54, 1.807) is 72.8 Å². The van der Waals surface area contributed by atoms with Crippen molar-refractivity contribution in [2.45, 2.75) is 4.90 Å². The molecule has 4 aromatic carbocycles. The van der Waals surface area contributed by atoms with Crippen LogP contribution in [0.4, 0.5) is 5.69 Å². The second-order valence-electron chi connectivity index (χ2n) is 8.52. The first kappa shape index (κ1) is 28.2. The number of rotatable bonds is 11. The van der Waals surface area contributed by atoms with E-state index in [9.17, 15) is 14.4 Å². The molecule has 0 unspecified atom stereocenters. The van der Waals surface area contributed by atoms with Gasteiger partial charge in [0, 0.05) is 27.3 Å². The van der Waals surface area contributed by atoms with Gasteiger partial charge in [0.2, 0.25) is 0 Å². The lowest BCUT2D eigenvalue weighted by atomic mass is 10.1. The molecule has 8 heteroatoms. The molecule has 202 valence electrons. The van der Waals surface area contributed by atoms with Gasteiger partial charge >= 0.3 is 0 Å². The third-order valence-corrected chi connectivity index (χ3v) is 6.85. The van der Waals surface area contributed by atoms with Crippen molar-refractivity contribution >= 4 is 41.1 Å². The zero-order valence-electron chi connectivity index (χ0n) is 22.0. The van der Waals surface area contributed by atoms with Crippen molar-refractivity contribution < 1.29 is 23.9 Å². The largest absolute Gasteiger partial charge is 0.493 e. The Balaban J connectivity index is 1.51. The number of methoxy groups -OCH3 is 2. The fourth-order valence-electron chi connectivity index (χ4n) is 3.81. The van der Waals surface area contributed by atoms with Gasteiger partial charge < -0.3 is 20.1 Å². The molecule has 0 atom stereocenters. The molecule has 0 saturated heterocycles. The second-order valence-corrected chi connectivity index (χ2v) is 9.57. The molecule has 0 aliphatic heterocycles. The van der Waals surface area contributed by atoms with E-state index in [1.165, 1.54) is 32.1 Å². The lowest BCUT2D eigenvalue weighted by molar-refractivity contribution is -0.113. The van der Waals surface area contributed by atoms with Crippen molar-refractivity contribution in [3.8, 4) is 11.5 Å². The van der Waals surface area contributed by atoms with Crippen LogP contribution < -0.4 is 20.1 Å². The van der Waals surface area contributed by atoms with Gasteiger partial charge in [-0.05, 0) is 48.5 Å². The van der Waals surface area contributed by atoms with E-state index in [-0.39, 0.29) is 11.5 Å². The highest BCUT2D eigenvalue weighted by Crippen LogP contribution is 2.32. The highest BCUT2D eigenvalue weighted by Gasteiger charge is 2.17. The standard InChI is InChI=1S/C32H28N2O5S/c1-38-29-15-9-14-24(30(29)39-2)20-27(34-31(36)23-12-7-4-8-13-23)32(37)33-25-16-18-26(19-17-25)40-21-28(35)22-10-5-3-6-11-22/h3-20H,21H2,1-2H3,(H,33,37)(H,34,36)/b27-20-. The molecule has 0 heterocycles. The Hall–Kier alpha value is -4.82. The summed E-state index contributed by atoms with van der Waals surface area (Å²) in [5, 5.41) is 5.56. The Morgan fingerprint density at radius 1 is 0.750 bits per heavy atom. The van der Waals surface area contributed by atoms with Gasteiger partial charge in [-0.1, -0.05) is 60.7 Å². The highest BCUT2D eigenvalue weighted by molar-refractivity contribution is 8.00. The number of amides is 2. The summed E-state index contributed by atoms with van der Waals surface area (Å²) >= 11 is 1.42. The average Bonchev–Trinajstić information content (AvgIpc) is 3.00. The van der Waals surface area contributed by atoms with Gasteiger partial charge in [0.25, 0.3) is 11.8 Å². The van der Waals surface area contributed by atoms with Crippen LogP contribution in [-0.2, 0) is 4.79 Å². The average molecular weight is 553 g/mol. The molecule has 0 aliphatic carbocycles. The molecule has 0 spiro atoms. The van der Waals surface area contributed by atoms with Crippen LogP contribution >= 0.6 is 11.8 Å². The molecule has 2 N–H and O–H groups in total. The van der Waals surface area contributed by atoms with Gasteiger partial charge in [0.1, 0.15) is 5.70 Å². The SMILES string of the molecule is COc1cccc(/C=C(\NC(=O)c2ccccc2)C(=O)Nc2ccc(SCC(=O)c3ccccc3)cc2)c1OC. The van der Waals surface area contributed by atoms with Crippen molar-refractivity contribution in [2.75, 3.05) is 25.3 Å². The lowest BCUT2D eigenvalue weighted by Crippen LogP contribution is -2.30. The van der Waals surface area contributed by atoms with Crippen molar-refractivity contribution in [2.24, 2.45) is 0 Å². The van der Waals surface area contributed by atoms with E-state index >= 15 is 0 Å². The topological polar surface area (TPSA) is 93.7 Å². The molecule has 7 nitrogen and oxygen atoms in total. The number of hydrogen-bond acceptors (Lipinski definition) is 6. The van der Waals surface area contributed by atoms with Crippen molar-refractivity contribution in [1.29, 1.82) is 0 Å². The number of carbonyl (C=O) groups is 3. The number of anilines is 1. The quantitative estimate of drug-likeness (QED) is 0.133. The van der Waals surface area contributed by atoms with Crippen LogP contribution in [0.2, 0.25) is 0 Å². The Morgan fingerprint density at radius 2 is 1.40 bits per heavy atom. The smallest absolute Gasteiger partial charge is 0.272 e.